The first-order valence-corrected chi connectivity index (χ1v) is 10.7. The van der Waals surface area contributed by atoms with Gasteiger partial charge in [0.2, 0.25) is 5.28 Å². The van der Waals surface area contributed by atoms with Crippen molar-refractivity contribution in [2.24, 2.45) is 0 Å². The minimum absolute atomic E-state index is 0.0818. The monoisotopic (exact) mass is 491 g/mol. The van der Waals surface area contributed by atoms with Gasteiger partial charge in [-0.3, -0.25) is 4.79 Å². The molecule has 0 aliphatic rings. The zero-order valence-corrected chi connectivity index (χ0v) is 18.9. The lowest BCUT2D eigenvalue weighted by molar-refractivity contribution is 0.101. The van der Waals surface area contributed by atoms with E-state index in [0.29, 0.717) is 28.3 Å². The van der Waals surface area contributed by atoms with Gasteiger partial charge in [-0.1, -0.05) is 12.1 Å². The number of carbonyl (C=O) groups excluding carboxylic acids is 1. The number of benzene rings is 2. The van der Waals surface area contributed by atoms with E-state index >= 15 is 0 Å². The molecule has 35 heavy (non-hydrogen) atoms. The Balaban J connectivity index is 1.64. The number of rotatable bonds is 5. The van der Waals surface area contributed by atoms with Gasteiger partial charge in [-0.25, -0.2) is 23.3 Å². The van der Waals surface area contributed by atoms with Crippen LogP contribution in [-0.2, 0) is 0 Å². The molecule has 0 radical (unpaired) electrons. The lowest BCUT2D eigenvalue weighted by Gasteiger charge is -2.13. The smallest absolute Gasteiger partial charge is 0.261 e. The molecule has 7 nitrogen and oxygen atoms in total. The van der Waals surface area contributed by atoms with Crippen molar-refractivity contribution < 1.29 is 18.3 Å². The molecule has 3 aromatic heterocycles. The average molecular weight is 492 g/mol. The topological polar surface area (TPSA) is 81.4 Å². The minimum atomic E-state index is -0.971. The van der Waals surface area contributed by atoms with Gasteiger partial charge in [0.1, 0.15) is 28.6 Å². The van der Waals surface area contributed by atoms with Crippen molar-refractivity contribution in [1.29, 1.82) is 0 Å². The first-order valence-electron chi connectivity index (χ1n) is 10.4. The molecule has 10 heteroatoms. The quantitative estimate of drug-likeness (QED) is 0.321. The summed E-state index contributed by atoms with van der Waals surface area (Å²) in [6.07, 6.45) is 3.34. The number of hydrogen-bond acceptors (Lipinski definition) is 5. The highest BCUT2D eigenvalue weighted by atomic mass is 35.5. The van der Waals surface area contributed by atoms with E-state index in [1.165, 1.54) is 13.2 Å². The molecule has 5 aromatic rings. The van der Waals surface area contributed by atoms with Crippen LogP contribution >= 0.6 is 11.6 Å². The number of hydrogen-bond donors (Lipinski definition) is 1. The van der Waals surface area contributed by atoms with Crippen LogP contribution in [0, 0.1) is 11.6 Å². The third-order valence-corrected chi connectivity index (χ3v) is 5.52. The van der Waals surface area contributed by atoms with E-state index in [-0.39, 0.29) is 11.0 Å². The van der Waals surface area contributed by atoms with Crippen molar-refractivity contribution >= 4 is 28.7 Å². The highest BCUT2D eigenvalue weighted by molar-refractivity contribution is 6.28. The third-order valence-electron chi connectivity index (χ3n) is 5.33. The Morgan fingerprint density at radius 3 is 2.60 bits per heavy atom. The maximum atomic E-state index is 14.2. The summed E-state index contributed by atoms with van der Waals surface area (Å²) in [7, 11) is 1.42. The number of aromatic nitrogens is 4. The number of methoxy groups -OCH3 is 1. The Kier molecular flexibility index (Phi) is 5.84. The average Bonchev–Trinajstić information content (AvgIpc) is 3.23. The molecule has 0 fully saturated rings. The number of anilines is 1. The van der Waals surface area contributed by atoms with Crippen LogP contribution in [0.3, 0.4) is 0 Å². The summed E-state index contributed by atoms with van der Waals surface area (Å²) in [5.41, 5.74) is 2.68. The van der Waals surface area contributed by atoms with Crippen LogP contribution in [0.25, 0.3) is 28.0 Å². The van der Waals surface area contributed by atoms with E-state index < -0.39 is 23.1 Å². The second-order valence-corrected chi connectivity index (χ2v) is 7.77. The van der Waals surface area contributed by atoms with E-state index in [1.807, 2.05) is 18.2 Å². The van der Waals surface area contributed by atoms with E-state index in [1.54, 1.807) is 41.2 Å². The minimum Gasteiger partial charge on any atom is -0.495 e. The van der Waals surface area contributed by atoms with Crippen LogP contribution in [0.1, 0.15) is 10.4 Å². The summed E-state index contributed by atoms with van der Waals surface area (Å²) in [5.74, 6) is -2.59. The fourth-order valence-electron chi connectivity index (χ4n) is 3.78. The Bertz CT molecular complexity index is 1570. The number of pyridine rings is 1. The largest absolute Gasteiger partial charge is 0.495 e. The molecule has 174 valence electrons. The van der Waals surface area contributed by atoms with Gasteiger partial charge in [-0.2, -0.15) is 5.10 Å². The highest BCUT2D eigenvalue weighted by Crippen LogP contribution is 2.37. The Morgan fingerprint density at radius 1 is 1.06 bits per heavy atom. The van der Waals surface area contributed by atoms with Crippen LogP contribution in [0.15, 0.2) is 73.1 Å². The van der Waals surface area contributed by atoms with Crippen molar-refractivity contribution in [2.45, 2.75) is 0 Å². The molecule has 0 bridgehead atoms. The predicted octanol–water partition coefficient (Wildman–Crippen LogP) is 5.65. The zero-order valence-electron chi connectivity index (χ0n) is 18.2. The molecule has 0 atom stereocenters. The second-order valence-electron chi connectivity index (χ2n) is 7.43. The molecule has 5 rings (SSSR count). The van der Waals surface area contributed by atoms with Crippen molar-refractivity contribution in [3.05, 3.63) is 95.5 Å². The molecular formula is C25H16ClF2N5O2. The maximum Gasteiger partial charge on any atom is 0.261 e. The maximum absolute atomic E-state index is 14.2. The van der Waals surface area contributed by atoms with Gasteiger partial charge in [0.25, 0.3) is 5.91 Å². The van der Waals surface area contributed by atoms with Crippen molar-refractivity contribution in [3.63, 3.8) is 0 Å². The lowest BCUT2D eigenvalue weighted by Crippen LogP contribution is -2.16. The fraction of sp³-hybridized carbons (Fsp3) is 0.0400. The summed E-state index contributed by atoms with van der Waals surface area (Å²) in [5, 5.41) is 7.32. The molecule has 2 aromatic carbocycles. The zero-order chi connectivity index (χ0) is 24.5. The van der Waals surface area contributed by atoms with E-state index in [4.69, 9.17) is 21.4 Å². The number of fused-ring (bicyclic) bond motifs is 1. The molecule has 3 heterocycles. The molecule has 0 aliphatic carbocycles. The molecule has 0 spiro atoms. The molecule has 0 saturated carbocycles. The van der Waals surface area contributed by atoms with Crippen molar-refractivity contribution in [1.82, 2.24) is 19.6 Å². The second kappa shape index (κ2) is 9.11. The SMILES string of the molecule is COc1ccc(-c2nn3ccccc3c2-c2ccnc(Cl)n2)cc1NC(=O)c1c(F)cccc1F. The van der Waals surface area contributed by atoms with Crippen LogP contribution in [0.4, 0.5) is 14.5 Å². The van der Waals surface area contributed by atoms with Gasteiger partial charge in [-0.05, 0) is 60.1 Å². The van der Waals surface area contributed by atoms with Gasteiger partial charge in [0.15, 0.2) is 0 Å². The number of amides is 1. The van der Waals surface area contributed by atoms with E-state index in [2.05, 4.69) is 15.3 Å². The number of ether oxygens (including phenoxy) is 1. The molecule has 0 saturated heterocycles. The molecular weight excluding hydrogens is 476 g/mol. The summed E-state index contributed by atoms with van der Waals surface area (Å²) >= 11 is 6.04. The first-order chi connectivity index (χ1) is 17.0. The van der Waals surface area contributed by atoms with Crippen LogP contribution in [0.5, 0.6) is 5.75 Å². The number of halogens is 3. The Morgan fingerprint density at radius 2 is 1.86 bits per heavy atom. The Hall–Kier alpha value is -4.37. The van der Waals surface area contributed by atoms with Crippen molar-refractivity contribution in [2.75, 3.05) is 12.4 Å². The van der Waals surface area contributed by atoms with E-state index in [0.717, 1.165) is 17.6 Å². The van der Waals surface area contributed by atoms with Crippen LogP contribution in [0.2, 0.25) is 5.28 Å². The van der Waals surface area contributed by atoms with Gasteiger partial charge < -0.3 is 10.1 Å². The summed E-state index contributed by atoms with van der Waals surface area (Å²) in [4.78, 5) is 21.0. The summed E-state index contributed by atoms with van der Waals surface area (Å²) in [6.45, 7) is 0. The summed E-state index contributed by atoms with van der Waals surface area (Å²) in [6, 6.07) is 15.5. The lowest BCUT2D eigenvalue weighted by atomic mass is 10.0. The normalized spacial score (nSPS) is 11.0. The van der Waals surface area contributed by atoms with Crippen LogP contribution < -0.4 is 10.1 Å². The Labute approximate surface area is 203 Å². The molecule has 0 unspecified atom stereocenters. The van der Waals surface area contributed by atoms with Gasteiger partial charge in [-0.15, -0.1) is 0 Å². The van der Waals surface area contributed by atoms with E-state index in [9.17, 15) is 13.6 Å². The first kappa shape index (κ1) is 22.4. The number of nitrogens with zero attached hydrogens (tertiary/aromatic N) is 4. The van der Waals surface area contributed by atoms with Crippen molar-refractivity contribution in [3.8, 4) is 28.3 Å². The standard InChI is InChI=1S/C25H16ClF2N5O2/c1-35-20-9-8-14(13-18(20)30-24(34)21-15(27)5-4-6-16(21)28)23-22(17-10-11-29-25(26)31-17)19-7-2-3-12-33(19)32-23/h2-13H,1H3,(H,30,34). The van der Waals surface area contributed by atoms with Gasteiger partial charge >= 0.3 is 0 Å². The third kappa shape index (κ3) is 4.17. The summed E-state index contributed by atoms with van der Waals surface area (Å²) < 4.78 is 35.4. The fourth-order valence-corrected chi connectivity index (χ4v) is 3.93. The number of carbonyl (C=O) groups is 1. The molecule has 1 N–H and O–H groups in total. The number of nitrogens with one attached hydrogen (secondary N) is 1. The van der Waals surface area contributed by atoms with Gasteiger partial charge in [0, 0.05) is 18.0 Å². The molecule has 0 aliphatic heterocycles. The van der Waals surface area contributed by atoms with Crippen LogP contribution in [-0.4, -0.2) is 32.6 Å². The highest BCUT2D eigenvalue weighted by Gasteiger charge is 2.22. The predicted molar refractivity (Wildman–Crippen MR) is 128 cm³/mol. The van der Waals surface area contributed by atoms with Gasteiger partial charge in [0.05, 0.1) is 29.6 Å². The molecule has 1 amide bonds.